The average molecular weight is 385 g/mol. The minimum atomic E-state index is -1.03. The number of nitrogens with zero attached hydrogens (tertiary/aromatic N) is 3. The number of carbonyl (C=O) groups is 1. The van der Waals surface area contributed by atoms with Gasteiger partial charge in [-0.05, 0) is 62.7 Å². The van der Waals surface area contributed by atoms with Crippen molar-refractivity contribution in [3.63, 3.8) is 0 Å². The molecule has 6 nitrogen and oxygen atoms in total. The van der Waals surface area contributed by atoms with Crippen LogP contribution in [-0.2, 0) is 4.79 Å². The Bertz CT molecular complexity index is 891. The third kappa shape index (κ3) is 4.65. The molecule has 0 aliphatic heterocycles. The van der Waals surface area contributed by atoms with Gasteiger partial charge < -0.3 is 10.1 Å². The smallest absolute Gasteiger partial charge is 0.264 e. The summed E-state index contributed by atoms with van der Waals surface area (Å²) in [5.74, 6) is 0.384. The first-order chi connectivity index (χ1) is 12.8. The summed E-state index contributed by atoms with van der Waals surface area (Å²) in [6, 6.07) is 14.5. The predicted octanol–water partition coefficient (Wildman–Crippen LogP) is 3.96. The molecule has 1 N–H and O–H groups in total. The maximum Gasteiger partial charge on any atom is 0.264 e. The summed E-state index contributed by atoms with van der Waals surface area (Å²) >= 11 is 5.88. The molecule has 0 saturated heterocycles. The van der Waals surface area contributed by atoms with Crippen molar-refractivity contribution in [3.8, 4) is 11.4 Å². The topological polar surface area (TPSA) is 69.0 Å². The first-order valence-electron chi connectivity index (χ1n) is 8.56. The Balaban J connectivity index is 1.64. The number of hydrogen-bond donors (Lipinski definition) is 1. The van der Waals surface area contributed by atoms with Crippen molar-refractivity contribution in [2.45, 2.75) is 32.4 Å². The van der Waals surface area contributed by atoms with E-state index in [4.69, 9.17) is 16.3 Å². The van der Waals surface area contributed by atoms with Gasteiger partial charge in [-0.3, -0.25) is 4.79 Å². The third-order valence-electron chi connectivity index (χ3n) is 4.16. The fourth-order valence-corrected chi connectivity index (χ4v) is 2.68. The summed E-state index contributed by atoms with van der Waals surface area (Å²) in [7, 11) is 0. The minimum Gasteiger partial charge on any atom is -0.478 e. The van der Waals surface area contributed by atoms with Crippen molar-refractivity contribution in [3.05, 3.63) is 71.8 Å². The first-order valence-corrected chi connectivity index (χ1v) is 8.93. The van der Waals surface area contributed by atoms with Gasteiger partial charge in [0.05, 0.1) is 11.7 Å². The van der Waals surface area contributed by atoms with Crippen molar-refractivity contribution in [1.29, 1.82) is 0 Å². The summed E-state index contributed by atoms with van der Waals surface area (Å²) < 4.78 is 7.51. The Morgan fingerprint density at radius 2 is 1.81 bits per heavy atom. The molecule has 0 radical (unpaired) electrons. The highest BCUT2D eigenvalue weighted by atomic mass is 35.5. The summed E-state index contributed by atoms with van der Waals surface area (Å²) in [4.78, 5) is 16.6. The van der Waals surface area contributed by atoms with Gasteiger partial charge in [0.15, 0.2) is 5.60 Å². The number of benzene rings is 2. The Morgan fingerprint density at radius 3 is 2.41 bits per heavy atom. The molecular formula is C20H21ClN4O2. The molecule has 0 fully saturated rings. The van der Waals surface area contributed by atoms with Crippen LogP contribution in [0.2, 0.25) is 5.02 Å². The Kier molecular flexibility index (Phi) is 5.46. The normalized spacial score (nSPS) is 12.4. The fraction of sp³-hybridized carbons (Fsp3) is 0.250. The van der Waals surface area contributed by atoms with Gasteiger partial charge in [-0.25, -0.2) is 9.67 Å². The second-order valence-electron chi connectivity index (χ2n) is 6.69. The van der Waals surface area contributed by atoms with Gasteiger partial charge in [-0.15, -0.1) is 0 Å². The summed E-state index contributed by atoms with van der Waals surface area (Å²) in [6.45, 7) is 5.40. The zero-order chi connectivity index (χ0) is 19.4. The number of halogens is 1. The summed E-state index contributed by atoms with van der Waals surface area (Å²) in [6.07, 6.45) is 3.12. The van der Waals surface area contributed by atoms with Crippen molar-refractivity contribution in [2.75, 3.05) is 0 Å². The molecule has 1 atom stereocenters. The van der Waals surface area contributed by atoms with Crippen LogP contribution in [0.15, 0.2) is 61.2 Å². The van der Waals surface area contributed by atoms with Crippen LogP contribution < -0.4 is 10.1 Å². The van der Waals surface area contributed by atoms with Crippen LogP contribution in [0.1, 0.15) is 32.4 Å². The fourth-order valence-electron chi connectivity index (χ4n) is 2.55. The minimum absolute atomic E-state index is 0.171. The van der Waals surface area contributed by atoms with Crippen LogP contribution in [0.5, 0.6) is 5.75 Å². The van der Waals surface area contributed by atoms with Crippen molar-refractivity contribution in [2.24, 2.45) is 0 Å². The number of hydrogen-bond acceptors (Lipinski definition) is 4. The maximum absolute atomic E-state index is 12.7. The lowest BCUT2D eigenvalue weighted by Crippen LogP contribution is -2.47. The quantitative estimate of drug-likeness (QED) is 0.698. The molecule has 1 heterocycles. The van der Waals surface area contributed by atoms with Crippen molar-refractivity contribution < 1.29 is 9.53 Å². The maximum atomic E-state index is 12.7. The van der Waals surface area contributed by atoms with E-state index in [0.717, 1.165) is 11.3 Å². The Morgan fingerprint density at radius 1 is 1.15 bits per heavy atom. The van der Waals surface area contributed by atoms with Crippen LogP contribution >= 0.6 is 11.6 Å². The zero-order valence-corrected chi connectivity index (χ0v) is 16.1. The van der Waals surface area contributed by atoms with Crippen LogP contribution in [-0.4, -0.2) is 26.3 Å². The molecule has 1 amide bonds. The van der Waals surface area contributed by atoms with E-state index < -0.39 is 5.60 Å². The second kappa shape index (κ2) is 7.80. The van der Waals surface area contributed by atoms with E-state index in [1.165, 1.54) is 6.33 Å². The van der Waals surface area contributed by atoms with Gasteiger partial charge in [0, 0.05) is 5.02 Å². The lowest BCUT2D eigenvalue weighted by molar-refractivity contribution is -0.134. The largest absolute Gasteiger partial charge is 0.478 e. The van der Waals surface area contributed by atoms with Crippen LogP contribution in [0.25, 0.3) is 5.69 Å². The van der Waals surface area contributed by atoms with Gasteiger partial charge in [-0.2, -0.15) is 5.10 Å². The second-order valence-corrected chi connectivity index (χ2v) is 7.13. The molecule has 1 aromatic heterocycles. The van der Waals surface area contributed by atoms with E-state index in [1.54, 1.807) is 49.1 Å². The van der Waals surface area contributed by atoms with E-state index >= 15 is 0 Å². The van der Waals surface area contributed by atoms with Crippen molar-refractivity contribution in [1.82, 2.24) is 20.1 Å². The molecule has 0 saturated carbocycles. The Labute approximate surface area is 163 Å². The van der Waals surface area contributed by atoms with E-state index in [0.29, 0.717) is 10.8 Å². The van der Waals surface area contributed by atoms with E-state index in [2.05, 4.69) is 15.4 Å². The first kappa shape index (κ1) is 18.9. The molecule has 0 aliphatic rings. The highest BCUT2D eigenvalue weighted by molar-refractivity contribution is 6.30. The average Bonchev–Trinajstić information content (AvgIpc) is 3.18. The predicted molar refractivity (Wildman–Crippen MR) is 104 cm³/mol. The van der Waals surface area contributed by atoms with E-state index in [9.17, 15) is 4.79 Å². The molecule has 0 aliphatic carbocycles. The highest BCUT2D eigenvalue weighted by Crippen LogP contribution is 2.22. The van der Waals surface area contributed by atoms with Gasteiger partial charge in [0.2, 0.25) is 0 Å². The molecule has 0 spiro atoms. The van der Waals surface area contributed by atoms with Crippen LogP contribution in [0, 0.1) is 0 Å². The number of ether oxygens (including phenoxy) is 1. The lowest BCUT2D eigenvalue weighted by atomic mass is 10.0. The molecule has 3 aromatic rings. The molecule has 7 heteroatoms. The lowest BCUT2D eigenvalue weighted by Gasteiger charge is -2.27. The van der Waals surface area contributed by atoms with Gasteiger partial charge in [0.1, 0.15) is 18.4 Å². The number of aromatic nitrogens is 3. The summed E-state index contributed by atoms with van der Waals surface area (Å²) in [5.41, 5.74) is 0.860. The zero-order valence-electron chi connectivity index (χ0n) is 15.4. The standard InChI is InChI=1S/C20H21ClN4O2/c1-14(15-4-8-17(9-5-15)25-13-22-12-23-25)24-19(26)20(2,3)27-18-10-6-16(21)7-11-18/h4-14H,1-3H3,(H,24,26)/t14-/m1/s1. The number of rotatable bonds is 6. The molecule has 0 bridgehead atoms. The van der Waals surface area contributed by atoms with Crippen LogP contribution in [0.3, 0.4) is 0 Å². The van der Waals surface area contributed by atoms with Gasteiger partial charge in [-0.1, -0.05) is 23.7 Å². The summed E-state index contributed by atoms with van der Waals surface area (Å²) in [5, 5.41) is 7.71. The number of amides is 1. The third-order valence-corrected chi connectivity index (χ3v) is 4.41. The Hall–Kier alpha value is -2.86. The van der Waals surface area contributed by atoms with E-state index in [-0.39, 0.29) is 11.9 Å². The molecule has 2 aromatic carbocycles. The molecule has 0 unspecified atom stereocenters. The monoisotopic (exact) mass is 384 g/mol. The van der Waals surface area contributed by atoms with Gasteiger partial charge in [0.25, 0.3) is 5.91 Å². The van der Waals surface area contributed by atoms with Crippen molar-refractivity contribution >= 4 is 17.5 Å². The van der Waals surface area contributed by atoms with Crippen LogP contribution in [0.4, 0.5) is 0 Å². The highest BCUT2D eigenvalue weighted by Gasteiger charge is 2.31. The molecule has 27 heavy (non-hydrogen) atoms. The SMILES string of the molecule is C[C@@H](NC(=O)C(C)(C)Oc1ccc(Cl)cc1)c1ccc(-n2cncn2)cc1. The molecular weight excluding hydrogens is 364 g/mol. The number of carbonyl (C=O) groups excluding carboxylic acids is 1. The van der Waals surface area contributed by atoms with E-state index in [1.807, 2.05) is 31.2 Å². The molecule has 3 rings (SSSR count). The molecule has 140 valence electrons. The van der Waals surface area contributed by atoms with Gasteiger partial charge >= 0.3 is 0 Å². The number of nitrogens with one attached hydrogen (secondary N) is 1.